The van der Waals surface area contributed by atoms with Gasteiger partial charge in [0.25, 0.3) is 0 Å². The lowest BCUT2D eigenvalue weighted by Gasteiger charge is -2.58. The minimum absolute atomic E-state index is 0.0268. The van der Waals surface area contributed by atoms with Gasteiger partial charge in [-0.15, -0.1) is 0 Å². The number of ether oxygens (including phenoxy) is 3. The number of aliphatic hydroxyl groups is 1. The Kier molecular flexibility index (Phi) is 5.84. The standard InChI is InChI=1S/C28H31NO7/c1-16-10-11-20(31)24-22(16)27-14-15-29(4)17(2)28(27,33)13-12-21(25(27)36-24)35-26(32)23(34-18(3)30)19-8-6-5-7-9-19/h5-12,17,23,25,31,33H,13-15H2,1-4H3/t17-,23+,25+,27+,28-/m1/s1. The van der Waals surface area contributed by atoms with Crippen molar-refractivity contribution in [1.29, 1.82) is 0 Å². The van der Waals surface area contributed by atoms with Crippen molar-refractivity contribution < 1.29 is 34.0 Å². The number of phenolic OH excluding ortho intramolecular Hbond substituents is 1. The Labute approximate surface area is 210 Å². The van der Waals surface area contributed by atoms with Crippen LogP contribution in [0, 0.1) is 6.92 Å². The number of benzene rings is 2. The van der Waals surface area contributed by atoms with Crippen LogP contribution in [0.4, 0.5) is 0 Å². The molecule has 0 saturated carbocycles. The number of rotatable bonds is 4. The maximum absolute atomic E-state index is 13.4. The van der Waals surface area contributed by atoms with Gasteiger partial charge in [0.05, 0.1) is 11.0 Å². The summed E-state index contributed by atoms with van der Waals surface area (Å²) in [4.78, 5) is 27.3. The van der Waals surface area contributed by atoms with Gasteiger partial charge in [0.2, 0.25) is 6.10 Å². The number of hydrogen-bond acceptors (Lipinski definition) is 8. The molecular weight excluding hydrogens is 462 g/mol. The molecule has 1 fully saturated rings. The Morgan fingerprint density at radius 2 is 1.92 bits per heavy atom. The fraction of sp³-hybridized carbons (Fsp3) is 0.429. The summed E-state index contributed by atoms with van der Waals surface area (Å²) in [6, 6.07) is 11.8. The van der Waals surface area contributed by atoms with E-state index in [-0.39, 0.29) is 24.0 Å². The fourth-order valence-corrected chi connectivity index (χ4v) is 6.22. The summed E-state index contributed by atoms with van der Waals surface area (Å²) in [5, 5.41) is 22.9. The molecule has 5 atom stereocenters. The van der Waals surface area contributed by atoms with E-state index in [2.05, 4.69) is 4.90 Å². The Bertz CT molecular complexity index is 1240. The van der Waals surface area contributed by atoms with Crippen molar-refractivity contribution in [3.8, 4) is 11.5 Å². The smallest absolute Gasteiger partial charge is 0.357 e. The number of carbonyl (C=O) groups is 2. The van der Waals surface area contributed by atoms with E-state index >= 15 is 0 Å². The number of hydrogen-bond donors (Lipinski definition) is 2. The number of aromatic hydroxyl groups is 1. The van der Waals surface area contributed by atoms with Gasteiger partial charge in [0, 0.05) is 30.5 Å². The van der Waals surface area contributed by atoms with E-state index in [1.807, 2.05) is 27.0 Å². The van der Waals surface area contributed by atoms with Gasteiger partial charge >= 0.3 is 11.9 Å². The molecule has 2 heterocycles. The lowest BCUT2D eigenvalue weighted by atomic mass is 9.54. The molecule has 2 N–H and O–H groups in total. The highest BCUT2D eigenvalue weighted by Gasteiger charge is 2.69. The van der Waals surface area contributed by atoms with Crippen LogP contribution in [-0.2, 0) is 24.5 Å². The van der Waals surface area contributed by atoms with Crippen LogP contribution in [0.15, 0.2) is 54.3 Å². The normalized spacial score (nSPS) is 29.6. The molecule has 1 spiro atoms. The monoisotopic (exact) mass is 493 g/mol. The van der Waals surface area contributed by atoms with Gasteiger partial charge in [-0.2, -0.15) is 0 Å². The molecule has 5 rings (SSSR count). The second-order valence-corrected chi connectivity index (χ2v) is 10.0. The van der Waals surface area contributed by atoms with Crippen molar-refractivity contribution in [3.63, 3.8) is 0 Å². The first-order chi connectivity index (χ1) is 17.1. The molecule has 8 heteroatoms. The molecule has 3 aliphatic rings. The van der Waals surface area contributed by atoms with E-state index < -0.39 is 35.2 Å². The predicted molar refractivity (Wildman–Crippen MR) is 130 cm³/mol. The number of nitrogens with zero attached hydrogens (tertiary/aromatic N) is 1. The Morgan fingerprint density at radius 3 is 2.61 bits per heavy atom. The molecule has 1 saturated heterocycles. The fourth-order valence-electron chi connectivity index (χ4n) is 6.22. The number of likely N-dealkylation sites (N-methyl/N-ethyl adjacent to an activating group) is 1. The molecule has 36 heavy (non-hydrogen) atoms. The lowest BCUT2D eigenvalue weighted by Crippen LogP contribution is -2.71. The van der Waals surface area contributed by atoms with Gasteiger partial charge < -0.3 is 29.3 Å². The first-order valence-electron chi connectivity index (χ1n) is 12.2. The second-order valence-electron chi connectivity index (χ2n) is 10.0. The Balaban J connectivity index is 1.58. The maximum atomic E-state index is 13.4. The van der Waals surface area contributed by atoms with Crippen molar-refractivity contribution in [2.75, 3.05) is 13.6 Å². The summed E-state index contributed by atoms with van der Waals surface area (Å²) < 4.78 is 17.6. The van der Waals surface area contributed by atoms with Crippen LogP contribution in [0.25, 0.3) is 0 Å². The highest BCUT2D eigenvalue weighted by Crippen LogP contribution is 2.62. The molecule has 8 nitrogen and oxygen atoms in total. The molecule has 2 aromatic rings. The molecule has 190 valence electrons. The molecular formula is C28H31NO7. The third kappa shape index (κ3) is 3.43. The largest absolute Gasteiger partial charge is 0.504 e. The minimum atomic E-state index is -1.25. The van der Waals surface area contributed by atoms with Crippen molar-refractivity contribution in [2.24, 2.45) is 0 Å². The molecule has 2 aromatic carbocycles. The number of piperidine rings is 1. The van der Waals surface area contributed by atoms with E-state index in [4.69, 9.17) is 14.2 Å². The molecule has 2 aliphatic heterocycles. The lowest BCUT2D eigenvalue weighted by molar-refractivity contribution is -0.172. The van der Waals surface area contributed by atoms with Gasteiger partial charge in [0.15, 0.2) is 17.6 Å². The van der Waals surface area contributed by atoms with E-state index in [0.717, 1.165) is 11.1 Å². The first kappa shape index (κ1) is 24.3. The summed E-state index contributed by atoms with van der Waals surface area (Å²) in [6.45, 7) is 5.82. The zero-order chi connectivity index (χ0) is 25.8. The van der Waals surface area contributed by atoms with Gasteiger partial charge in [-0.1, -0.05) is 36.4 Å². The van der Waals surface area contributed by atoms with E-state index in [9.17, 15) is 19.8 Å². The van der Waals surface area contributed by atoms with Crippen LogP contribution in [0.5, 0.6) is 11.5 Å². The van der Waals surface area contributed by atoms with Crippen LogP contribution >= 0.6 is 0 Å². The minimum Gasteiger partial charge on any atom is -0.504 e. The number of likely N-dealkylation sites (tertiary alicyclic amines) is 1. The van der Waals surface area contributed by atoms with Crippen LogP contribution < -0.4 is 4.74 Å². The maximum Gasteiger partial charge on any atom is 0.357 e. The Hall–Kier alpha value is -3.36. The SMILES string of the molecule is CC(=O)O[C@H](C(=O)OC1=CC[C@@]2(O)[C@@H](C)N(C)CC[C@@]23c2c(C)ccc(O)c2O[C@@H]13)c1ccccc1. The van der Waals surface area contributed by atoms with Crippen LogP contribution in [-0.4, -0.2) is 58.4 Å². The summed E-state index contributed by atoms with van der Waals surface area (Å²) in [6.07, 6.45) is 0.348. The van der Waals surface area contributed by atoms with Gasteiger partial charge in [-0.05, 0) is 51.6 Å². The number of fused-ring (bicyclic) bond motifs is 1. The van der Waals surface area contributed by atoms with Crippen molar-refractivity contribution >= 4 is 11.9 Å². The number of esters is 2. The molecule has 0 bridgehead atoms. The van der Waals surface area contributed by atoms with Crippen LogP contribution in [0.2, 0.25) is 0 Å². The summed E-state index contributed by atoms with van der Waals surface area (Å²) >= 11 is 0. The van der Waals surface area contributed by atoms with Gasteiger partial charge in [0.1, 0.15) is 5.76 Å². The number of carbonyl (C=O) groups excluding carboxylic acids is 2. The zero-order valence-corrected chi connectivity index (χ0v) is 20.9. The third-order valence-corrected chi connectivity index (χ3v) is 8.15. The second kappa shape index (κ2) is 8.64. The highest BCUT2D eigenvalue weighted by molar-refractivity contribution is 5.81. The van der Waals surface area contributed by atoms with E-state index in [0.29, 0.717) is 24.3 Å². The van der Waals surface area contributed by atoms with Crippen LogP contribution in [0.3, 0.4) is 0 Å². The van der Waals surface area contributed by atoms with Crippen LogP contribution in [0.1, 0.15) is 49.5 Å². The topological polar surface area (TPSA) is 106 Å². The predicted octanol–water partition coefficient (Wildman–Crippen LogP) is 3.29. The summed E-state index contributed by atoms with van der Waals surface area (Å²) in [7, 11) is 1.97. The van der Waals surface area contributed by atoms with Crippen molar-refractivity contribution in [1.82, 2.24) is 4.90 Å². The van der Waals surface area contributed by atoms with Crippen molar-refractivity contribution in [3.05, 3.63) is 71.0 Å². The highest BCUT2D eigenvalue weighted by atomic mass is 16.6. The van der Waals surface area contributed by atoms with E-state index in [1.54, 1.807) is 42.5 Å². The summed E-state index contributed by atoms with van der Waals surface area (Å²) in [5.74, 6) is -0.854. The molecule has 0 radical (unpaired) electrons. The Morgan fingerprint density at radius 1 is 1.19 bits per heavy atom. The van der Waals surface area contributed by atoms with E-state index in [1.165, 1.54) is 6.92 Å². The average Bonchev–Trinajstić information content (AvgIpc) is 3.22. The molecule has 1 aliphatic carbocycles. The van der Waals surface area contributed by atoms with Gasteiger partial charge in [-0.3, -0.25) is 4.79 Å². The van der Waals surface area contributed by atoms with Gasteiger partial charge in [-0.25, -0.2) is 4.79 Å². The van der Waals surface area contributed by atoms with Crippen molar-refractivity contribution in [2.45, 2.75) is 62.9 Å². The molecule has 0 unspecified atom stereocenters. The summed E-state index contributed by atoms with van der Waals surface area (Å²) in [5.41, 5.74) is -0.0619. The average molecular weight is 494 g/mol. The third-order valence-electron chi connectivity index (χ3n) is 8.15. The first-order valence-corrected chi connectivity index (χ1v) is 12.2. The quantitative estimate of drug-likeness (QED) is 0.626. The molecule has 0 amide bonds. The zero-order valence-electron chi connectivity index (χ0n) is 20.9. The number of aryl methyl sites for hydroxylation is 1. The molecule has 0 aromatic heterocycles. The number of phenols is 1.